The van der Waals surface area contributed by atoms with Gasteiger partial charge in [-0.05, 0) is 13.3 Å². The normalized spacial score (nSPS) is 12.4. The van der Waals surface area contributed by atoms with E-state index in [0.29, 0.717) is 19.3 Å². The molecule has 1 aromatic rings. The fourth-order valence-corrected chi connectivity index (χ4v) is 1.56. The van der Waals surface area contributed by atoms with Crippen LogP contribution in [0, 0.1) is 0 Å². The molecule has 0 spiro atoms. The third-order valence-electron chi connectivity index (χ3n) is 2.53. The van der Waals surface area contributed by atoms with Crippen molar-refractivity contribution >= 4 is 5.97 Å². The van der Waals surface area contributed by atoms with Crippen LogP contribution in [0.3, 0.4) is 0 Å². The standard InChI is InChI=1S/C11H19N3O2/c1-3-14-7-6-13-10(14)8-9(12)4-5-11(15)16-2/h6-7,9H,3-5,8,12H2,1-2H3. The number of methoxy groups -OCH3 is 1. The maximum Gasteiger partial charge on any atom is 0.305 e. The molecule has 1 rings (SSSR count). The molecule has 0 aromatic carbocycles. The molecule has 0 saturated heterocycles. The summed E-state index contributed by atoms with van der Waals surface area (Å²) in [5.74, 6) is 0.758. The fraction of sp³-hybridized carbons (Fsp3) is 0.636. The first-order valence-corrected chi connectivity index (χ1v) is 5.49. The Morgan fingerprint density at radius 2 is 2.44 bits per heavy atom. The first-order valence-electron chi connectivity index (χ1n) is 5.49. The second kappa shape index (κ2) is 6.27. The van der Waals surface area contributed by atoms with Crippen molar-refractivity contribution < 1.29 is 9.53 Å². The summed E-state index contributed by atoms with van der Waals surface area (Å²) in [6, 6.07) is -0.0493. The van der Waals surface area contributed by atoms with Crippen molar-refractivity contribution in [2.45, 2.75) is 38.8 Å². The summed E-state index contributed by atoms with van der Waals surface area (Å²) >= 11 is 0. The average molecular weight is 225 g/mol. The third kappa shape index (κ3) is 3.66. The molecule has 1 unspecified atom stereocenters. The zero-order valence-electron chi connectivity index (χ0n) is 9.85. The molecule has 0 aliphatic rings. The van der Waals surface area contributed by atoms with Crippen LogP contribution in [0.5, 0.6) is 0 Å². The van der Waals surface area contributed by atoms with Gasteiger partial charge in [0.1, 0.15) is 5.82 Å². The van der Waals surface area contributed by atoms with Crippen molar-refractivity contribution in [3.05, 3.63) is 18.2 Å². The summed E-state index contributed by atoms with van der Waals surface area (Å²) in [6.07, 6.45) is 5.39. The van der Waals surface area contributed by atoms with E-state index in [0.717, 1.165) is 12.4 Å². The molecule has 0 radical (unpaired) electrons. The van der Waals surface area contributed by atoms with Gasteiger partial charge in [0.15, 0.2) is 0 Å². The van der Waals surface area contributed by atoms with Gasteiger partial charge in [-0.3, -0.25) is 4.79 Å². The van der Waals surface area contributed by atoms with Crippen molar-refractivity contribution in [1.82, 2.24) is 9.55 Å². The Morgan fingerprint density at radius 1 is 1.69 bits per heavy atom. The number of carbonyl (C=O) groups excluding carboxylic acids is 1. The first-order chi connectivity index (χ1) is 7.67. The van der Waals surface area contributed by atoms with Gasteiger partial charge in [-0.15, -0.1) is 0 Å². The molecule has 0 amide bonds. The number of nitrogens with zero attached hydrogens (tertiary/aromatic N) is 2. The van der Waals surface area contributed by atoms with E-state index >= 15 is 0 Å². The zero-order valence-corrected chi connectivity index (χ0v) is 9.85. The van der Waals surface area contributed by atoms with Gasteiger partial charge in [0.25, 0.3) is 0 Å². The molecule has 0 bridgehead atoms. The number of aryl methyl sites for hydroxylation is 1. The number of aromatic nitrogens is 2. The van der Waals surface area contributed by atoms with Gasteiger partial charge in [-0.2, -0.15) is 0 Å². The van der Waals surface area contributed by atoms with Crippen LogP contribution in [-0.4, -0.2) is 28.7 Å². The van der Waals surface area contributed by atoms with Crippen LogP contribution in [0.2, 0.25) is 0 Å². The van der Waals surface area contributed by atoms with Gasteiger partial charge < -0.3 is 15.0 Å². The molecular formula is C11H19N3O2. The predicted molar refractivity (Wildman–Crippen MR) is 60.8 cm³/mol. The van der Waals surface area contributed by atoms with Crippen LogP contribution in [0.1, 0.15) is 25.6 Å². The van der Waals surface area contributed by atoms with Crippen molar-refractivity contribution in [2.24, 2.45) is 5.73 Å². The summed E-state index contributed by atoms with van der Waals surface area (Å²) < 4.78 is 6.62. The van der Waals surface area contributed by atoms with Crippen LogP contribution >= 0.6 is 0 Å². The molecule has 0 saturated carbocycles. The van der Waals surface area contributed by atoms with E-state index in [2.05, 4.69) is 21.2 Å². The Bertz CT molecular complexity index is 336. The molecular weight excluding hydrogens is 206 g/mol. The van der Waals surface area contributed by atoms with E-state index in [1.165, 1.54) is 7.11 Å². The van der Waals surface area contributed by atoms with Crippen LogP contribution in [0.4, 0.5) is 0 Å². The molecule has 90 valence electrons. The van der Waals surface area contributed by atoms with E-state index in [9.17, 15) is 4.79 Å². The topological polar surface area (TPSA) is 70.1 Å². The highest BCUT2D eigenvalue weighted by Crippen LogP contribution is 2.05. The Hall–Kier alpha value is -1.36. The molecule has 1 aromatic heterocycles. The summed E-state index contributed by atoms with van der Waals surface area (Å²) in [7, 11) is 1.39. The van der Waals surface area contributed by atoms with Crippen LogP contribution < -0.4 is 5.73 Å². The lowest BCUT2D eigenvalue weighted by atomic mass is 10.1. The molecule has 0 aliphatic carbocycles. The van der Waals surface area contributed by atoms with Gasteiger partial charge in [-0.1, -0.05) is 0 Å². The highest BCUT2D eigenvalue weighted by Gasteiger charge is 2.10. The van der Waals surface area contributed by atoms with E-state index in [1.54, 1.807) is 6.20 Å². The lowest BCUT2D eigenvalue weighted by Gasteiger charge is -2.11. The van der Waals surface area contributed by atoms with Gasteiger partial charge in [0, 0.05) is 37.8 Å². The number of hydrogen-bond acceptors (Lipinski definition) is 4. The van der Waals surface area contributed by atoms with Crippen molar-refractivity contribution in [1.29, 1.82) is 0 Å². The van der Waals surface area contributed by atoms with Crippen LogP contribution in [0.15, 0.2) is 12.4 Å². The Labute approximate surface area is 95.6 Å². The van der Waals surface area contributed by atoms with Gasteiger partial charge in [0.2, 0.25) is 0 Å². The lowest BCUT2D eigenvalue weighted by Crippen LogP contribution is -2.25. The largest absolute Gasteiger partial charge is 0.469 e. The molecule has 1 heterocycles. The number of esters is 1. The van der Waals surface area contributed by atoms with Crippen molar-refractivity contribution in [3.8, 4) is 0 Å². The first kappa shape index (κ1) is 12.7. The van der Waals surface area contributed by atoms with Crippen molar-refractivity contribution in [3.63, 3.8) is 0 Å². The maximum atomic E-state index is 10.9. The Kier molecular flexibility index (Phi) is 4.98. The molecule has 1 atom stereocenters. The van der Waals surface area contributed by atoms with E-state index in [1.807, 2.05) is 6.20 Å². The number of ether oxygens (including phenoxy) is 1. The number of rotatable bonds is 6. The third-order valence-corrected chi connectivity index (χ3v) is 2.53. The van der Waals surface area contributed by atoms with Gasteiger partial charge in [0.05, 0.1) is 7.11 Å². The minimum absolute atomic E-state index is 0.0493. The van der Waals surface area contributed by atoms with Gasteiger partial charge >= 0.3 is 5.97 Å². The molecule has 5 nitrogen and oxygen atoms in total. The van der Waals surface area contributed by atoms with Gasteiger partial charge in [-0.25, -0.2) is 4.98 Å². The van der Waals surface area contributed by atoms with Crippen molar-refractivity contribution in [2.75, 3.05) is 7.11 Å². The summed E-state index contributed by atoms with van der Waals surface area (Å²) in [5.41, 5.74) is 5.93. The SMILES string of the molecule is CCn1ccnc1CC(N)CCC(=O)OC. The maximum absolute atomic E-state index is 10.9. The van der Waals surface area contributed by atoms with Crippen LogP contribution in [0.25, 0.3) is 0 Å². The second-order valence-electron chi connectivity index (χ2n) is 3.71. The molecule has 2 N–H and O–H groups in total. The summed E-state index contributed by atoms with van der Waals surface area (Å²) in [5, 5.41) is 0. The number of nitrogens with two attached hydrogens (primary N) is 1. The fourth-order valence-electron chi connectivity index (χ4n) is 1.56. The minimum atomic E-state index is -0.214. The molecule has 5 heteroatoms. The highest BCUT2D eigenvalue weighted by molar-refractivity contribution is 5.69. The lowest BCUT2D eigenvalue weighted by molar-refractivity contribution is -0.140. The van der Waals surface area contributed by atoms with E-state index in [4.69, 9.17) is 5.73 Å². The number of hydrogen-bond donors (Lipinski definition) is 1. The molecule has 16 heavy (non-hydrogen) atoms. The van der Waals surface area contributed by atoms with E-state index < -0.39 is 0 Å². The van der Waals surface area contributed by atoms with E-state index in [-0.39, 0.29) is 12.0 Å². The second-order valence-corrected chi connectivity index (χ2v) is 3.71. The van der Waals surface area contributed by atoms with Crippen LogP contribution in [-0.2, 0) is 22.5 Å². The zero-order chi connectivity index (χ0) is 12.0. The number of imidazole rings is 1. The monoisotopic (exact) mass is 225 g/mol. The Balaban J connectivity index is 2.39. The Morgan fingerprint density at radius 3 is 3.06 bits per heavy atom. The summed E-state index contributed by atoms with van der Waals surface area (Å²) in [4.78, 5) is 15.2. The molecule has 0 fully saturated rings. The molecule has 0 aliphatic heterocycles. The minimum Gasteiger partial charge on any atom is -0.469 e. The highest BCUT2D eigenvalue weighted by atomic mass is 16.5. The smallest absolute Gasteiger partial charge is 0.305 e. The average Bonchev–Trinajstić information content (AvgIpc) is 2.73. The quantitative estimate of drug-likeness (QED) is 0.724. The predicted octanol–water partition coefficient (Wildman–Crippen LogP) is 0.726. The number of carbonyl (C=O) groups is 1. The summed E-state index contributed by atoms with van der Waals surface area (Å²) in [6.45, 7) is 2.95.